The smallest absolute Gasteiger partial charge is 0.236 e. The third kappa shape index (κ3) is 3.76. The maximum atomic E-state index is 6.47. The lowest BCUT2D eigenvalue weighted by Crippen LogP contribution is -2.42. The fourth-order valence-electron chi connectivity index (χ4n) is 5.09. The van der Waals surface area contributed by atoms with Crippen LogP contribution in [0.1, 0.15) is 92.5 Å². The molecular formula is C25H39N3O2. The molecule has 2 aliphatic rings. The number of ether oxygens (including phenoxy) is 2. The van der Waals surface area contributed by atoms with Crippen LogP contribution in [0.15, 0.2) is 28.2 Å². The lowest BCUT2D eigenvalue weighted by atomic mass is 9.83. The minimum Gasteiger partial charge on any atom is -0.467 e. The number of hydrogen-bond acceptors (Lipinski definition) is 5. The van der Waals surface area contributed by atoms with Crippen LogP contribution in [0.5, 0.6) is 0 Å². The van der Waals surface area contributed by atoms with Gasteiger partial charge < -0.3 is 9.47 Å². The Morgan fingerprint density at radius 1 is 0.733 bits per heavy atom. The van der Waals surface area contributed by atoms with E-state index in [1.807, 2.05) is 18.2 Å². The fraction of sp³-hybridized carbons (Fsp3) is 0.720. The number of pyridine rings is 1. The molecule has 5 nitrogen and oxygen atoms in total. The first-order valence-electron chi connectivity index (χ1n) is 11.8. The Balaban J connectivity index is 1.94. The van der Waals surface area contributed by atoms with Crippen molar-refractivity contribution >= 4 is 11.8 Å². The fourth-order valence-corrected chi connectivity index (χ4v) is 5.09. The van der Waals surface area contributed by atoms with Gasteiger partial charge in [-0.2, -0.15) is 0 Å². The van der Waals surface area contributed by atoms with Crippen molar-refractivity contribution in [3.05, 3.63) is 29.6 Å². The molecule has 1 aromatic heterocycles. The summed E-state index contributed by atoms with van der Waals surface area (Å²) in [5.41, 5.74) is 1.04. The van der Waals surface area contributed by atoms with Crippen LogP contribution in [-0.4, -0.2) is 40.1 Å². The molecule has 0 bridgehead atoms. The SMILES string of the molecule is CCC1(CC)OC(c2cccc(C3=NC(C(C)C)C(CC)(CC)O3)n2)=NC1C(C)C. The first-order valence-corrected chi connectivity index (χ1v) is 11.8. The normalized spacial score (nSPS) is 24.6. The minimum atomic E-state index is -0.245. The molecular weight excluding hydrogens is 374 g/mol. The van der Waals surface area contributed by atoms with Crippen LogP contribution in [0.4, 0.5) is 0 Å². The number of aromatic nitrogens is 1. The van der Waals surface area contributed by atoms with E-state index in [-0.39, 0.29) is 23.3 Å². The van der Waals surface area contributed by atoms with E-state index in [1.54, 1.807) is 0 Å². The second-order valence-corrected chi connectivity index (χ2v) is 9.40. The van der Waals surface area contributed by atoms with E-state index >= 15 is 0 Å². The Kier molecular flexibility index (Phi) is 6.59. The third-order valence-electron chi connectivity index (χ3n) is 7.03. The molecule has 0 saturated heterocycles. The van der Waals surface area contributed by atoms with Gasteiger partial charge in [0.15, 0.2) is 0 Å². The lowest BCUT2D eigenvalue weighted by molar-refractivity contribution is 0.0337. The van der Waals surface area contributed by atoms with Crippen LogP contribution in [0.2, 0.25) is 0 Å². The van der Waals surface area contributed by atoms with Crippen LogP contribution in [0.25, 0.3) is 0 Å². The Morgan fingerprint density at radius 2 is 1.10 bits per heavy atom. The topological polar surface area (TPSA) is 56.1 Å². The van der Waals surface area contributed by atoms with Crippen molar-refractivity contribution < 1.29 is 9.47 Å². The van der Waals surface area contributed by atoms with Crippen molar-refractivity contribution in [3.8, 4) is 0 Å². The molecule has 3 heterocycles. The van der Waals surface area contributed by atoms with Crippen molar-refractivity contribution in [3.63, 3.8) is 0 Å². The molecule has 30 heavy (non-hydrogen) atoms. The molecule has 0 amide bonds. The second kappa shape index (κ2) is 8.68. The quantitative estimate of drug-likeness (QED) is 0.541. The predicted molar refractivity (Wildman–Crippen MR) is 123 cm³/mol. The largest absolute Gasteiger partial charge is 0.467 e. The van der Waals surface area contributed by atoms with E-state index < -0.39 is 0 Å². The molecule has 2 atom stereocenters. The maximum absolute atomic E-state index is 6.47. The summed E-state index contributed by atoms with van der Waals surface area (Å²) in [5, 5.41) is 0. The molecule has 1 aromatic rings. The van der Waals surface area contributed by atoms with Gasteiger partial charge in [-0.1, -0.05) is 61.5 Å². The highest BCUT2D eigenvalue weighted by Crippen LogP contribution is 2.39. The number of rotatable bonds is 8. The molecule has 5 heteroatoms. The van der Waals surface area contributed by atoms with Crippen molar-refractivity contribution in [1.29, 1.82) is 0 Å². The van der Waals surface area contributed by atoms with Crippen LogP contribution in [-0.2, 0) is 9.47 Å². The van der Waals surface area contributed by atoms with E-state index in [0.717, 1.165) is 37.1 Å². The maximum Gasteiger partial charge on any atom is 0.236 e. The van der Waals surface area contributed by atoms with E-state index in [0.29, 0.717) is 23.6 Å². The van der Waals surface area contributed by atoms with Crippen molar-refractivity contribution in [2.45, 2.75) is 104 Å². The Bertz CT molecular complexity index is 741. The van der Waals surface area contributed by atoms with Gasteiger partial charge in [0.25, 0.3) is 0 Å². The van der Waals surface area contributed by atoms with Gasteiger partial charge in [-0.3, -0.25) is 0 Å². The van der Waals surface area contributed by atoms with Gasteiger partial charge in [0, 0.05) is 0 Å². The Labute approximate surface area is 182 Å². The molecule has 2 aliphatic heterocycles. The Hall–Kier alpha value is -1.91. The number of nitrogens with zero attached hydrogens (tertiary/aromatic N) is 3. The van der Waals surface area contributed by atoms with E-state index in [2.05, 4.69) is 55.4 Å². The first-order chi connectivity index (χ1) is 14.3. The summed E-state index contributed by atoms with van der Waals surface area (Å²) in [5.74, 6) is 2.12. The summed E-state index contributed by atoms with van der Waals surface area (Å²) in [6.07, 6.45) is 3.72. The number of hydrogen-bond donors (Lipinski definition) is 0. The molecule has 0 saturated carbocycles. The summed E-state index contributed by atoms with van der Waals surface area (Å²) < 4.78 is 12.9. The van der Waals surface area contributed by atoms with Gasteiger partial charge in [-0.15, -0.1) is 0 Å². The first kappa shape index (κ1) is 22.8. The van der Waals surface area contributed by atoms with Crippen LogP contribution in [0.3, 0.4) is 0 Å². The zero-order valence-electron chi connectivity index (χ0n) is 20.0. The standard InChI is InChI=1S/C25H39N3O2/c1-9-24(10-2)20(16(5)6)27-22(29-24)18-14-13-15-19(26-18)23-28-21(17(7)8)25(11-3,12-4)30-23/h13-17,20-21H,9-12H2,1-8H3. The van der Waals surface area contributed by atoms with E-state index in [1.165, 1.54) is 0 Å². The van der Waals surface area contributed by atoms with Gasteiger partial charge in [-0.05, 0) is 49.7 Å². The molecule has 0 aromatic carbocycles. The van der Waals surface area contributed by atoms with E-state index in [4.69, 9.17) is 24.4 Å². The summed E-state index contributed by atoms with van der Waals surface area (Å²) in [6, 6.07) is 6.24. The molecule has 2 unspecified atom stereocenters. The molecule has 0 aliphatic carbocycles. The number of aliphatic imine (C=N–C) groups is 2. The molecule has 0 spiro atoms. The lowest BCUT2D eigenvalue weighted by Gasteiger charge is -2.33. The predicted octanol–water partition coefficient (Wildman–Crippen LogP) is 5.80. The van der Waals surface area contributed by atoms with E-state index in [9.17, 15) is 0 Å². The Morgan fingerprint density at radius 3 is 1.37 bits per heavy atom. The van der Waals surface area contributed by atoms with Crippen LogP contribution < -0.4 is 0 Å². The highest BCUT2D eigenvalue weighted by Gasteiger charge is 2.47. The van der Waals surface area contributed by atoms with Crippen molar-refractivity contribution in [2.24, 2.45) is 21.8 Å². The van der Waals surface area contributed by atoms with Crippen molar-refractivity contribution in [1.82, 2.24) is 4.98 Å². The second-order valence-electron chi connectivity index (χ2n) is 9.40. The minimum absolute atomic E-state index is 0.145. The molecule has 166 valence electrons. The summed E-state index contributed by atoms with van der Waals surface area (Å²) in [4.78, 5) is 14.8. The van der Waals surface area contributed by atoms with Gasteiger partial charge in [0.05, 0.1) is 12.1 Å². The third-order valence-corrected chi connectivity index (χ3v) is 7.03. The van der Waals surface area contributed by atoms with Gasteiger partial charge >= 0.3 is 0 Å². The highest BCUT2D eigenvalue weighted by atomic mass is 16.5. The van der Waals surface area contributed by atoms with Crippen LogP contribution in [0, 0.1) is 11.8 Å². The molecule has 3 rings (SSSR count). The summed E-state index contributed by atoms with van der Waals surface area (Å²) in [7, 11) is 0. The van der Waals surface area contributed by atoms with Gasteiger partial charge in [0.1, 0.15) is 22.6 Å². The van der Waals surface area contributed by atoms with Gasteiger partial charge in [0.2, 0.25) is 11.8 Å². The van der Waals surface area contributed by atoms with Crippen molar-refractivity contribution in [2.75, 3.05) is 0 Å². The summed E-state index contributed by atoms with van der Waals surface area (Å²) in [6.45, 7) is 17.6. The zero-order valence-corrected chi connectivity index (χ0v) is 20.0. The zero-order chi connectivity index (χ0) is 22.1. The monoisotopic (exact) mass is 413 g/mol. The summed E-state index contributed by atoms with van der Waals surface area (Å²) >= 11 is 0. The van der Waals surface area contributed by atoms with Gasteiger partial charge in [-0.25, -0.2) is 15.0 Å². The average Bonchev–Trinajstić information content (AvgIpc) is 3.34. The molecule has 0 fully saturated rings. The van der Waals surface area contributed by atoms with Crippen LogP contribution >= 0.6 is 0 Å². The highest BCUT2D eigenvalue weighted by molar-refractivity contribution is 5.98. The molecule has 0 radical (unpaired) electrons. The molecule has 0 N–H and O–H groups in total. The average molecular weight is 414 g/mol.